The molecule has 0 unspecified atom stereocenters. The lowest BCUT2D eigenvalue weighted by Gasteiger charge is -2.13. The molecule has 106 valence electrons. The van der Waals surface area contributed by atoms with Gasteiger partial charge in [0.05, 0.1) is 5.69 Å². The topological polar surface area (TPSA) is 34.2 Å². The van der Waals surface area contributed by atoms with Crippen LogP contribution in [0.2, 0.25) is 10.0 Å². The van der Waals surface area contributed by atoms with Gasteiger partial charge in [-0.25, -0.2) is 0 Å². The van der Waals surface area contributed by atoms with E-state index in [1.165, 1.54) is 0 Å². The summed E-state index contributed by atoms with van der Waals surface area (Å²) in [6.45, 7) is 2.92. The molecule has 0 aliphatic heterocycles. The summed E-state index contributed by atoms with van der Waals surface area (Å²) in [5, 5.41) is 4.29. The second-order valence-corrected chi connectivity index (χ2v) is 5.23. The van der Waals surface area contributed by atoms with Crippen LogP contribution in [0.4, 0.5) is 0 Å². The van der Waals surface area contributed by atoms with Crippen LogP contribution in [0.1, 0.15) is 17.0 Å². The summed E-state index contributed by atoms with van der Waals surface area (Å²) in [6.07, 6.45) is 0. The van der Waals surface area contributed by atoms with E-state index in [0.717, 1.165) is 22.7 Å². The fourth-order valence-electron chi connectivity index (χ4n) is 1.84. The summed E-state index contributed by atoms with van der Waals surface area (Å²) < 4.78 is 5.82. The van der Waals surface area contributed by atoms with E-state index in [9.17, 15) is 0 Å². The molecule has 20 heavy (non-hydrogen) atoms. The normalized spacial score (nSPS) is 10.6. The molecule has 1 aromatic heterocycles. The van der Waals surface area contributed by atoms with Gasteiger partial charge in [0, 0.05) is 27.8 Å². The molecule has 1 heterocycles. The van der Waals surface area contributed by atoms with Gasteiger partial charge in [0.25, 0.3) is 0 Å². The van der Waals surface area contributed by atoms with Crippen LogP contribution in [0, 0.1) is 6.92 Å². The highest BCUT2D eigenvalue weighted by molar-refractivity contribution is 6.35. The van der Waals surface area contributed by atoms with Gasteiger partial charge >= 0.3 is 0 Å². The molecule has 0 spiro atoms. The predicted octanol–water partition coefficient (Wildman–Crippen LogP) is 4.00. The van der Waals surface area contributed by atoms with Crippen LogP contribution in [0.15, 0.2) is 30.3 Å². The molecule has 2 aromatic rings. The Bertz CT molecular complexity index is 582. The number of ether oxygens (including phenoxy) is 1. The first-order chi connectivity index (χ1) is 9.61. The van der Waals surface area contributed by atoms with Gasteiger partial charge in [-0.05, 0) is 38.2 Å². The minimum atomic E-state index is 0.319. The van der Waals surface area contributed by atoms with Crippen molar-refractivity contribution < 1.29 is 4.74 Å². The molecule has 0 fully saturated rings. The van der Waals surface area contributed by atoms with Crippen molar-refractivity contribution in [3.05, 3.63) is 57.3 Å². The molecule has 0 aliphatic carbocycles. The Morgan fingerprint density at radius 2 is 1.85 bits per heavy atom. The maximum atomic E-state index is 6.13. The molecule has 2 rings (SSSR count). The van der Waals surface area contributed by atoms with E-state index in [-0.39, 0.29) is 0 Å². The Morgan fingerprint density at radius 3 is 2.50 bits per heavy atom. The Morgan fingerprint density at radius 1 is 1.15 bits per heavy atom. The number of pyridine rings is 1. The van der Waals surface area contributed by atoms with Crippen molar-refractivity contribution in [1.82, 2.24) is 10.3 Å². The first-order valence-corrected chi connectivity index (χ1v) is 7.04. The fourth-order valence-corrected chi connectivity index (χ4v) is 2.35. The summed E-state index contributed by atoms with van der Waals surface area (Å²) in [4.78, 5) is 4.47. The van der Waals surface area contributed by atoms with E-state index in [1.807, 2.05) is 32.2 Å². The molecule has 3 nitrogen and oxygen atoms in total. The average Bonchev–Trinajstić information content (AvgIpc) is 2.40. The zero-order valence-corrected chi connectivity index (χ0v) is 12.9. The van der Waals surface area contributed by atoms with E-state index < -0.39 is 0 Å². The predicted molar refractivity (Wildman–Crippen MR) is 82.5 cm³/mol. The molecule has 0 atom stereocenters. The number of hydrogen-bond acceptors (Lipinski definition) is 3. The van der Waals surface area contributed by atoms with Gasteiger partial charge < -0.3 is 10.1 Å². The average molecular weight is 311 g/mol. The van der Waals surface area contributed by atoms with Gasteiger partial charge in [-0.2, -0.15) is 0 Å². The minimum Gasteiger partial charge on any atom is -0.487 e. The molecular formula is C15H16Cl2N2O. The van der Waals surface area contributed by atoms with Crippen molar-refractivity contribution in [2.75, 3.05) is 7.05 Å². The third-order valence-corrected chi connectivity index (χ3v) is 3.56. The minimum absolute atomic E-state index is 0.319. The Hall–Kier alpha value is -1.29. The zero-order valence-electron chi connectivity index (χ0n) is 11.4. The van der Waals surface area contributed by atoms with Crippen LogP contribution < -0.4 is 10.1 Å². The van der Waals surface area contributed by atoms with Crippen molar-refractivity contribution in [2.45, 2.75) is 20.1 Å². The van der Waals surface area contributed by atoms with Crippen LogP contribution in [-0.2, 0) is 13.2 Å². The van der Waals surface area contributed by atoms with Crippen molar-refractivity contribution in [2.24, 2.45) is 0 Å². The summed E-state index contributed by atoms with van der Waals surface area (Å²) >= 11 is 12.3. The number of aryl methyl sites for hydroxylation is 1. The van der Waals surface area contributed by atoms with Crippen molar-refractivity contribution in [1.29, 1.82) is 0 Å². The van der Waals surface area contributed by atoms with Gasteiger partial charge in [0.15, 0.2) is 0 Å². The van der Waals surface area contributed by atoms with Gasteiger partial charge in [-0.15, -0.1) is 0 Å². The lowest BCUT2D eigenvalue weighted by Crippen LogP contribution is -2.10. The highest BCUT2D eigenvalue weighted by Crippen LogP contribution is 2.26. The van der Waals surface area contributed by atoms with E-state index in [4.69, 9.17) is 27.9 Å². The summed E-state index contributed by atoms with van der Waals surface area (Å²) in [6, 6.07) is 9.25. The maximum Gasteiger partial charge on any atom is 0.142 e. The molecule has 0 bridgehead atoms. The quantitative estimate of drug-likeness (QED) is 0.906. The van der Waals surface area contributed by atoms with Crippen LogP contribution >= 0.6 is 23.2 Å². The zero-order chi connectivity index (χ0) is 14.5. The van der Waals surface area contributed by atoms with Crippen LogP contribution in [-0.4, -0.2) is 12.0 Å². The second-order valence-electron chi connectivity index (χ2n) is 4.42. The van der Waals surface area contributed by atoms with E-state index >= 15 is 0 Å². The molecule has 0 saturated carbocycles. The SMILES string of the molecule is CNCc1nc(C)ccc1OCc1c(Cl)cccc1Cl. The van der Waals surface area contributed by atoms with Gasteiger partial charge in [0.1, 0.15) is 12.4 Å². The lowest BCUT2D eigenvalue weighted by molar-refractivity contribution is 0.300. The van der Waals surface area contributed by atoms with Crippen molar-refractivity contribution in [3.63, 3.8) is 0 Å². The number of nitrogens with zero attached hydrogens (tertiary/aromatic N) is 1. The molecule has 1 aromatic carbocycles. The van der Waals surface area contributed by atoms with Crippen LogP contribution in [0.3, 0.4) is 0 Å². The molecule has 5 heteroatoms. The molecule has 1 N–H and O–H groups in total. The Balaban J connectivity index is 2.18. The summed E-state index contributed by atoms with van der Waals surface area (Å²) in [5.74, 6) is 0.737. The van der Waals surface area contributed by atoms with Crippen LogP contribution in [0.25, 0.3) is 0 Å². The van der Waals surface area contributed by atoms with Gasteiger partial charge in [0.2, 0.25) is 0 Å². The second kappa shape index (κ2) is 6.93. The van der Waals surface area contributed by atoms with Gasteiger partial charge in [-0.1, -0.05) is 29.3 Å². The van der Waals surface area contributed by atoms with Crippen molar-refractivity contribution >= 4 is 23.2 Å². The highest BCUT2D eigenvalue weighted by Gasteiger charge is 2.09. The number of benzene rings is 1. The molecule has 0 amide bonds. The smallest absolute Gasteiger partial charge is 0.142 e. The molecule has 0 aliphatic rings. The van der Waals surface area contributed by atoms with E-state index in [2.05, 4.69) is 10.3 Å². The third-order valence-electron chi connectivity index (χ3n) is 2.85. The Kier molecular flexibility index (Phi) is 5.24. The standard InChI is InChI=1S/C15H16Cl2N2O/c1-10-6-7-15(14(19-10)8-18-2)20-9-11-12(16)4-3-5-13(11)17/h3-7,18H,8-9H2,1-2H3. The van der Waals surface area contributed by atoms with Crippen LogP contribution in [0.5, 0.6) is 5.75 Å². The first kappa shape index (κ1) is 15.1. The maximum absolute atomic E-state index is 6.13. The Labute approximate surface area is 128 Å². The molecular weight excluding hydrogens is 295 g/mol. The summed E-state index contributed by atoms with van der Waals surface area (Å²) in [5.41, 5.74) is 2.61. The molecule has 0 radical (unpaired) electrons. The first-order valence-electron chi connectivity index (χ1n) is 6.28. The number of aromatic nitrogens is 1. The third kappa shape index (κ3) is 3.63. The molecule has 0 saturated heterocycles. The van der Waals surface area contributed by atoms with Crippen molar-refractivity contribution in [3.8, 4) is 5.75 Å². The van der Waals surface area contributed by atoms with Gasteiger partial charge in [-0.3, -0.25) is 4.98 Å². The summed E-state index contributed by atoms with van der Waals surface area (Å²) in [7, 11) is 1.87. The van der Waals surface area contributed by atoms with E-state index in [1.54, 1.807) is 12.1 Å². The largest absolute Gasteiger partial charge is 0.487 e. The fraction of sp³-hybridized carbons (Fsp3) is 0.267. The highest BCUT2D eigenvalue weighted by atomic mass is 35.5. The van der Waals surface area contributed by atoms with E-state index in [0.29, 0.717) is 23.2 Å². The number of nitrogens with one attached hydrogen (secondary N) is 1. The lowest BCUT2D eigenvalue weighted by atomic mass is 10.2. The number of hydrogen-bond donors (Lipinski definition) is 1. The number of halogens is 2. The number of rotatable bonds is 5. The monoisotopic (exact) mass is 310 g/mol.